The van der Waals surface area contributed by atoms with Crippen LogP contribution in [-0.4, -0.2) is 65.8 Å². The minimum atomic E-state index is -2.76. The van der Waals surface area contributed by atoms with Crippen molar-refractivity contribution in [1.82, 2.24) is 24.2 Å². The molecule has 38 heavy (non-hydrogen) atoms. The fraction of sp³-hybridized carbons (Fsp3) is 0.500. The normalized spacial score (nSPS) is 20.8. The molecule has 2 N–H and O–H groups in total. The number of piperidine rings is 1. The molecule has 10 nitrogen and oxygen atoms in total. The van der Waals surface area contributed by atoms with E-state index >= 15 is 0 Å². The van der Waals surface area contributed by atoms with Crippen molar-refractivity contribution in [3.63, 3.8) is 0 Å². The molecule has 6 rings (SSSR count). The second-order valence-electron chi connectivity index (χ2n) is 10.8. The molecule has 2 aliphatic carbocycles. The maximum atomic E-state index is 13.2. The second kappa shape index (κ2) is 8.97. The molecule has 0 atom stereocenters. The van der Waals surface area contributed by atoms with Crippen LogP contribution in [0.1, 0.15) is 38.5 Å². The fourth-order valence-electron chi connectivity index (χ4n) is 5.23. The van der Waals surface area contributed by atoms with Crippen molar-refractivity contribution >= 4 is 28.5 Å². The molecule has 12 heteroatoms. The van der Waals surface area contributed by atoms with E-state index in [0.717, 1.165) is 12.8 Å². The van der Waals surface area contributed by atoms with Crippen LogP contribution in [0.15, 0.2) is 41.6 Å². The van der Waals surface area contributed by atoms with Crippen molar-refractivity contribution in [2.24, 2.45) is 11.8 Å². The third-order valence-corrected chi connectivity index (χ3v) is 7.79. The lowest BCUT2D eigenvalue weighted by Gasteiger charge is -2.38. The first-order valence-corrected chi connectivity index (χ1v) is 12.8. The van der Waals surface area contributed by atoms with Crippen LogP contribution in [0, 0.1) is 11.8 Å². The average Bonchev–Trinajstić information content (AvgIpc) is 3.64. The van der Waals surface area contributed by atoms with E-state index < -0.39 is 36.2 Å². The summed E-state index contributed by atoms with van der Waals surface area (Å²) in [5.41, 5.74) is -0.0162. The highest BCUT2D eigenvalue weighted by Gasteiger charge is 2.48. The number of carbonyl (C=O) groups is 2. The van der Waals surface area contributed by atoms with Gasteiger partial charge in [0.1, 0.15) is 11.7 Å². The fourth-order valence-corrected chi connectivity index (χ4v) is 5.23. The number of likely N-dealkylation sites (tertiary alicyclic amines) is 1. The summed E-state index contributed by atoms with van der Waals surface area (Å²) in [5.74, 6) is -3.58. The molecule has 3 aliphatic rings. The Morgan fingerprint density at radius 1 is 1.08 bits per heavy atom. The van der Waals surface area contributed by atoms with E-state index in [2.05, 4.69) is 15.4 Å². The molecule has 1 aliphatic heterocycles. The number of halogens is 2. The molecule has 2 saturated carbocycles. The van der Waals surface area contributed by atoms with Gasteiger partial charge >= 0.3 is 0 Å². The van der Waals surface area contributed by atoms with Crippen molar-refractivity contribution in [3.8, 4) is 5.69 Å². The first-order valence-electron chi connectivity index (χ1n) is 12.8. The van der Waals surface area contributed by atoms with Crippen LogP contribution in [0.5, 0.6) is 0 Å². The van der Waals surface area contributed by atoms with Gasteiger partial charge in [0.2, 0.25) is 17.7 Å². The average molecular weight is 527 g/mol. The van der Waals surface area contributed by atoms with Crippen molar-refractivity contribution in [3.05, 3.63) is 47.1 Å². The highest BCUT2D eigenvalue weighted by molar-refractivity contribution is 5.93. The Labute approximate surface area is 216 Å². The number of aromatic nitrogens is 4. The quantitative estimate of drug-likeness (QED) is 0.509. The van der Waals surface area contributed by atoms with Gasteiger partial charge in [0, 0.05) is 43.5 Å². The Morgan fingerprint density at radius 2 is 1.76 bits per heavy atom. The summed E-state index contributed by atoms with van der Waals surface area (Å²) in [5, 5.41) is 18.4. The van der Waals surface area contributed by atoms with Gasteiger partial charge in [-0.25, -0.2) is 18.4 Å². The first-order chi connectivity index (χ1) is 18.1. The number of fused-ring (bicyclic) bond motifs is 1. The zero-order chi connectivity index (χ0) is 26.7. The van der Waals surface area contributed by atoms with Gasteiger partial charge in [-0.1, -0.05) is 0 Å². The Bertz CT molecular complexity index is 1450. The molecule has 3 heterocycles. The molecule has 0 radical (unpaired) electrons. The SMILES string of the molecule is O=C(Nc1ccc(-n2ncc3c(=O)n(CC4(O)CCN(C(=O)C5CC5)CC4)cnc32)cc1)C1CC(F)(F)C1. The number of benzene rings is 1. The van der Waals surface area contributed by atoms with Gasteiger partial charge in [-0.2, -0.15) is 5.10 Å². The summed E-state index contributed by atoms with van der Waals surface area (Å²) in [6, 6.07) is 6.64. The maximum absolute atomic E-state index is 13.2. The molecule has 0 bridgehead atoms. The lowest BCUT2D eigenvalue weighted by Crippen LogP contribution is -2.50. The first kappa shape index (κ1) is 24.7. The smallest absolute Gasteiger partial charge is 0.264 e. The molecular formula is C26H28F2N6O4. The van der Waals surface area contributed by atoms with Gasteiger partial charge in [-0.05, 0) is 49.9 Å². The van der Waals surface area contributed by atoms with Crippen molar-refractivity contribution in [1.29, 1.82) is 0 Å². The molecule has 3 aromatic rings. The minimum absolute atomic E-state index is 0.0761. The van der Waals surface area contributed by atoms with Crippen molar-refractivity contribution in [2.75, 3.05) is 18.4 Å². The predicted molar refractivity (Wildman–Crippen MR) is 133 cm³/mol. The number of anilines is 1. The number of nitrogens with one attached hydrogen (secondary N) is 1. The van der Waals surface area contributed by atoms with Gasteiger partial charge in [0.05, 0.1) is 24.0 Å². The summed E-state index contributed by atoms with van der Waals surface area (Å²) >= 11 is 0. The van der Waals surface area contributed by atoms with E-state index in [4.69, 9.17) is 0 Å². The van der Waals surface area contributed by atoms with Crippen LogP contribution >= 0.6 is 0 Å². The summed E-state index contributed by atoms with van der Waals surface area (Å²) < 4.78 is 29.0. The Morgan fingerprint density at radius 3 is 2.39 bits per heavy atom. The monoisotopic (exact) mass is 526 g/mol. The van der Waals surface area contributed by atoms with Crippen LogP contribution in [0.3, 0.4) is 0 Å². The predicted octanol–water partition coefficient (Wildman–Crippen LogP) is 2.33. The maximum Gasteiger partial charge on any atom is 0.264 e. The van der Waals surface area contributed by atoms with E-state index in [0.29, 0.717) is 48.3 Å². The highest BCUT2D eigenvalue weighted by atomic mass is 19.3. The molecule has 0 unspecified atom stereocenters. The summed E-state index contributed by atoms with van der Waals surface area (Å²) in [4.78, 5) is 43.8. The third-order valence-electron chi connectivity index (χ3n) is 7.79. The molecule has 2 aromatic heterocycles. The highest BCUT2D eigenvalue weighted by Crippen LogP contribution is 2.42. The van der Waals surface area contributed by atoms with E-state index in [-0.39, 0.29) is 23.9 Å². The summed E-state index contributed by atoms with van der Waals surface area (Å²) in [6.07, 6.45) is 4.62. The largest absolute Gasteiger partial charge is 0.388 e. The van der Waals surface area contributed by atoms with E-state index in [1.807, 2.05) is 4.90 Å². The topological polar surface area (TPSA) is 122 Å². The van der Waals surface area contributed by atoms with Gasteiger partial charge in [0.15, 0.2) is 5.65 Å². The summed E-state index contributed by atoms with van der Waals surface area (Å²) in [6.45, 7) is 1.02. The van der Waals surface area contributed by atoms with Gasteiger partial charge in [0.25, 0.3) is 5.56 Å². The number of rotatable bonds is 6. The van der Waals surface area contributed by atoms with E-state index in [1.165, 1.54) is 21.8 Å². The Hall–Kier alpha value is -3.67. The molecule has 1 aromatic carbocycles. The van der Waals surface area contributed by atoms with Gasteiger partial charge in [-0.15, -0.1) is 0 Å². The van der Waals surface area contributed by atoms with Crippen LogP contribution in [0.25, 0.3) is 16.7 Å². The number of hydrogen-bond donors (Lipinski definition) is 2. The standard InChI is InChI=1S/C26H28F2N6O4/c27-26(28)11-17(12-26)22(35)31-18-3-5-19(6-4-18)34-21-20(13-30-34)24(37)33(15-29-21)14-25(38)7-9-32(10-8-25)23(36)16-1-2-16/h3-6,13,15-17,38H,1-2,7-12,14H2,(H,31,35). The number of alkyl halides is 2. The molecule has 2 amide bonds. The van der Waals surface area contributed by atoms with Crippen molar-refractivity contribution in [2.45, 2.75) is 56.6 Å². The minimum Gasteiger partial charge on any atom is -0.388 e. The Balaban J connectivity index is 1.14. The van der Waals surface area contributed by atoms with E-state index in [1.54, 1.807) is 24.3 Å². The molecule has 3 fully saturated rings. The number of amides is 2. The third kappa shape index (κ3) is 4.68. The van der Waals surface area contributed by atoms with Crippen LogP contribution in [0.2, 0.25) is 0 Å². The molecule has 200 valence electrons. The molecule has 1 saturated heterocycles. The molecule has 0 spiro atoms. The van der Waals surface area contributed by atoms with Crippen LogP contribution in [0.4, 0.5) is 14.5 Å². The Kier molecular flexibility index (Phi) is 5.82. The van der Waals surface area contributed by atoms with Gasteiger partial charge in [-0.3, -0.25) is 19.0 Å². The summed E-state index contributed by atoms with van der Waals surface area (Å²) in [7, 11) is 0. The molecular weight excluding hydrogens is 498 g/mol. The number of hydrogen-bond acceptors (Lipinski definition) is 6. The number of nitrogens with zero attached hydrogens (tertiary/aromatic N) is 5. The second-order valence-corrected chi connectivity index (χ2v) is 10.8. The zero-order valence-corrected chi connectivity index (χ0v) is 20.6. The van der Waals surface area contributed by atoms with Crippen LogP contribution in [-0.2, 0) is 16.1 Å². The van der Waals surface area contributed by atoms with Crippen molar-refractivity contribution < 1.29 is 23.5 Å². The number of aliphatic hydroxyl groups is 1. The lowest BCUT2D eigenvalue weighted by atomic mass is 9.81. The van der Waals surface area contributed by atoms with Gasteiger partial charge < -0.3 is 15.3 Å². The zero-order valence-electron chi connectivity index (χ0n) is 20.6. The van der Waals surface area contributed by atoms with E-state index in [9.17, 15) is 28.3 Å². The lowest BCUT2D eigenvalue weighted by molar-refractivity contribution is -0.145. The number of carbonyl (C=O) groups excluding carboxylic acids is 2. The van der Waals surface area contributed by atoms with Crippen LogP contribution < -0.4 is 10.9 Å².